The molecule has 2 aromatic heterocycles. The summed E-state index contributed by atoms with van der Waals surface area (Å²) in [5.41, 5.74) is 8.93. The predicted octanol–water partition coefficient (Wildman–Crippen LogP) is 2.68. The van der Waals surface area contributed by atoms with Crippen LogP contribution in [0.1, 0.15) is 5.56 Å². The highest BCUT2D eigenvalue weighted by Crippen LogP contribution is 2.24. The van der Waals surface area contributed by atoms with Crippen LogP contribution in [0.25, 0.3) is 10.9 Å². The molecule has 0 saturated carbocycles. The Bertz CT molecular complexity index is 718. The van der Waals surface area contributed by atoms with E-state index in [4.69, 9.17) is 10.5 Å². The van der Waals surface area contributed by atoms with Crippen LogP contribution in [0.4, 0.5) is 5.69 Å². The van der Waals surface area contributed by atoms with E-state index >= 15 is 0 Å². The van der Waals surface area contributed by atoms with Gasteiger partial charge >= 0.3 is 0 Å². The Labute approximate surface area is 111 Å². The molecular weight excluding hydrogens is 238 g/mol. The molecule has 0 atom stereocenters. The number of hydrogen-bond acceptors (Lipinski definition) is 3. The van der Waals surface area contributed by atoms with Crippen LogP contribution in [0.3, 0.4) is 0 Å². The molecule has 3 rings (SSSR count). The summed E-state index contributed by atoms with van der Waals surface area (Å²) >= 11 is 0. The molecule has 0 radical (unpaired) electrons. The van der Waals surface area contributed by atoms with Crippen molar-refractivity contribution in [2.45, 2.75) is 6.54 Å². The molecule has 0 aliphatic heterocycles. The van der Waals surface area contributed by atoms with Gasteiger partial charge in [0.1, 0.15) is 0 Å². The predicted molar refractivity (Wildman–Crippen MR) is 76.2 cm³/mol. The van der Waals surface area contributed by atoms with Crippen LogP contribution in [0, 0.1) is 0 Å². The molecule has 0 aliphatic carbocycles. The first kappa shape index (κ1) is 11.6. The molecule has 4 nitrogen and oxygen atoms in total. The SMILES string of the molecule is COc1ncccc1Cn1ccc2c(N)cccc21. The summed E-state index contributed by atoms with van der Waals surface area (Å²) in [6.07, 6.45) is 3.77. The zero-order chi connectivity index (χ0) is 13.2. The van der Waals surface area contributed by atoms with Crippen molar-refractivity contribution in [3.8, 4) is 5.88 Å². The van der Waals surface area contributed by atoms with Crippen LogP contribution in [0.5, 0.6) is 5.88 Å². The number of nitrogens with two attached hydrogens (primary N) is 1. The average molecular weight is 253 g/mol. The van der Waals surface area contributed by atoms with Crippen molar-refractivity contribution in [1.82, 2.24) is 9.55 Å². The molecule has 19 heavy (non-hydrogen) atoms. The van der Waals surface area contributed by atoms with Crippen molar-refractivity contribution in [2.75, 3.05) is 12.8 Å². The molecule has 0 fully saturated rings. The van der Waals surface area contributed by atoms with E-state index in [0.717, 1.165) is 22.2 Å². The lowest BCUT2D eigenvalue weighted by atomic mass is 10.2. The summed E-state index contributed by atoms with van der Waals surface area (Å²) < 4.78 is 7.42. The van der Waals surface area contributed by atoms with Gasteiger partial charge in [-0.25, -0.2) is 4.98 Å². The van der Waals surface area contributed by atoms with Gasteiger partial charge < -0.3 is 15.0 Å². The highest BCUT2D eigenvalue weighted by atomic mass is 16.5. The number of fused-ring (bicyclic) bond motifs is 1. The summed E-state index contributed by atoms with van der Waals surface area (Å²) in [4.78, 5) is 4.22. The molecular formula is C15H15N3O. The molecule has 1 aromatic carbocycles. The molecule has 4 heteroatoms. The van der Waals surface area contributed by atoms with Crippen LogP contribution < -0.4 is 10.5 Å². The maximum absolute atomic E-state index is 5.97. The van der Waals surface area contributed by atoms with E-state index in [1.165, 1.54) is 0 Å². The second-order valence-electron chi connectivity index (χ2n) is 4.40. The van der Waals surface area contributed by atoms with Crippen molar-refractivity contribution in [2.24, 2.45) is 0 Å². The van der Waals surface area contributed by atoms with Crippen LogP contribution in [-0.4, -0.2) is 16.7 Å². The molecule has 0 saturated heterocycles. The van der Waals surface area contributed by atoms with Gasteiger partial charge in [-0.2, -0.15) is 0 Å². The number of pyridine rings is 1. The fourth-order valence-electron chi connectivity index (χ4n) is 2.30. The Balaban J connectivity index is 2.04. The molecule has 96 valence electrons. The molecule has 0 spiro atoms. The van der Waals surface area contributed by atoms with Crippen molar-refractivity contribution in [3.05, 3.63) is 54.4 Å². The van der Waals surface area contributed by atoms with E-state index < -0.39 is 0 Å². The van der Waals surface area contributed by atoms with Crippen molar-refractivity contribution < 1.29 is 4.74 Å². The molecule has 0 unspecified atom stereocenters. The number of anilines is 1. The highest BCUT2D eigenvalue weighted by Gasteiger charge is 2.07. The lowest BCUT2D eigenvalue weighted by Crippen LogP contribution is -2.01. The molecule has 3 aromatic rings. The molecule has 0 bridgehead atoms. The first-order chi connectivity index (χ1) is 9.29. The first-order valence-corrected chi connectivity index (χ1v) is 6.11. The number of hydrogen-bond donors (Lipinski definition) is 1. The Morgan fingerprint density at radius 3 is 2.95 bits per heavy atom. The zero-order valence-corrected chi connectivity index (χ0v) is 10.7. The fourth-order valence-corrected chi connectivity index (χ4v) is 2.30. The summed E-state index contributed by atoms with van der Waals surface area (Å²) in [6.45, 7) is 0.712. The second kappa shape index (κ2) is 4.65. The van der Waals surface area contributed by atoms with Crippen LogP contribution in [0.2, 0.25) is 0 Å². The number of rotatable bonds is 3. The molecule has 0 amide bonds. The summed E-state index contributed by atoms with van der Waals surface area (Å²) in [5, 5.41) is 1.07. The average Bonchev–Trinajstić information content (AvgIpc) is 2.84. The fraction of sp³-hybridized carbons (Fsp3) is 0.133. The number of aromatic nitrogens is 2. The third-order valence-electron chi connectivity index (χ3n) is 3.23. The van der Waals surface area contributed by atoms with Crippen LogP contribution in [0.15, 0.2) is 48.8 Å². The second-order valence-corrected chi connectivity index (χ2v) is 4.40. The normalized spacial score (nSPS) is 10.8. The van der Waals surface area contributed by atoms with Crippen LogP contribution >= 0.6 is 0 Å². The molecule has 2 N–H and O–H groups in total. The van der Waals surface area contributed by atoms with Gasteiger partial charge in [0, 0.05) is 29.0 Å². The van der Waals surface area contributed by atoms with Crippen LogP contribution in [-0.2, 0) is 6.54 Å². The lowest BCUT2D eigenvalue weighted by molar-refractivity contribution is 0.391. The third-order valence-corrected chi connectivity index (χ3v) is 3.23. The third kappa shape index (κ3) is 2.01. The minimum absolute atomic E-state index is 0.660. The number of benzene rings is 1. The Morgan fingerprint density at radius 1 is 1.21 bits per heavy atom. The highest BCUT2D eigenvalue weighted by molar-refractivity contribution is 5.91. The summed E-state index contributed by atoms with van der Waals surface area (Å²) in [7, 11) is 1.64. The van der Waals surface area contributed by atoms with Crippen molar-refractivity contribution >= 4 is 16.6 Å². The minimum Gasteiger partial charge on any atom is -0.481 e. The van der Waals surface area contributed by atoms with Crippen molar-refractivity contribution in [1.29, 1.82) is 0 Å². The lowest BCUT2D eigenvalue weighted by Gasteiger charge is -2.09. The standard InChI is InChI=1S/C15H15N3O/c1-19-15-11(4-3-8-17-15)10-18-9-7-12-13(16)5-2-6-14(12)18/h2-9H,10,16H2,1H3. The topological polar surface area (TPSA) is 53.1 Å². The van der Waals surface area contributed by atoms with E-state index in [0.29, 0.717) is 12.4 Å². The van der Waals surface area contributed by atoms with Crippen molar-refractivity contribution in [3.63, 3.8) is 0 Å². The van der Waals surface area contributed by atoms with E-state index in [2.05, 4.69) is 15.6 Å². The molecule has 0 aliphatic rings. The van der Waals surface area contributed by atoms with E-state index in [1.807, 2.05) is 36.5 Å². The van der Waals surface area contributed by atoms with Gasteiger partial charge in [-0.05, 0) is 24.3 Å². The van der Waals surface area contributed by atoms with Gasteiger partial charge in [0.05, 0.1) is 19.2 Å². The van der Waals surface area contributed by atoms with Gasteiger partial charge in [-0.1, -0.05) is 12.1 Å². The molecule has 2 heterocycles. The minimum atomic E-state index is 0.660. The maximum atomic E-state index is 5.97. The Hall–Kier alpha value is -2.49. The quantitative estimate of drug-likeness (QED) is 0.730. The Kier molecular flexibility index (Phi) is 2.83. The zero-order valence-electron chi connectivity index (χ0n) is 10.7. The monoisotopic (exact) mass is 253 g/mol. The smallest absolute Gasteiger partial charge is 0.218 e. The summed E-state index contributed by atoms with van der Waals surface area (Å²) in [5.74, 6) is 0.660. The Morgan fingerprint density at radius 2 is 2.11 bits per heavy atom. The van der Waals surface area contributed by atoms with Gasteiger partial charge in [-0.3, -0.25) is 0 Å². The first-order valence-electron chi connectivity index (χ1n) is 6.11. The number of ether oxygens (including phenoxy) is 1. The van der Waals surface area contributed by atoms with Gasteiger partial charge in [0.25, 0.3) is 0 Å². The largest absolute Gasteiger partial charge is 0.481 e. The number of nitrogen functional groups attached to an aromatic ring is 1. The van der Waals surface area contributed by atoms with E-state index in [-0.39, 0.29) is 0 Å². The maximum Gasteiger partial charge on any atom is 0.218 e. The van der Waals surface area contributed by atoms with E-state index in [9.17, 15) is 0 Å². The van der Waals surface area contributed by atoms with Gasteiger partial charge in [-0.15, -0.1) is 0 Å². The summed E-state index contributed by atoms with van der Waals surface area (Å²) in [6, 6.07) is 11.9. The van der Waals surface area contributed by atoms with E-state index in [1.54, 1.807) is 13.3 Å². The van der Waals surface area contributed by atoms with Gasteiger partial charge in [0.15, 0.2) is 0 Å². The number of nitrogens with zero attached hydrogens (tertiary/aromatic N) is 2. The van der Waals surface area contributed by atoms with Gasteiger partial charge in [0.2, 0.25) is 5.88 Å². The number of methoxy groups -OCH3 is 1.